The van der Waals surface area contributed by atoms with Crippen molar-refractivity contribution in [3.63, 3.8) is 0 Å². The van der Waals surface area contributed by atoms with Gasteiger partial charge in [0.15, 0.2) is 5.79 Å². The molecule has 2 fully saturated rings. The smallest absolute Gasteiger partial charge is 0.226 e. The molecule has 8 heteroatoms. The minimum absolute atomic E-state index is 0.0810. The summed E-state index contributed by atoms with van der Waals surface area (Å²) in [6.45, 7) is 7.96. The third kappa shape index (κ3) is 6.25. The van der Waals surface area contributed by atoms with E-state index in [0.29, 0.717) is 30.9 Å². The monoisotopic (exact) mass is 485 g/mol. The first kappa shape index (κ1) is 25.5. The van der Waals surface area contributed by atoms with E-state index in [1.807, 2.05) is 49.9 Å². The van der Waals surface area contributed by atoms with Crippen molar-refractivity contribution in [3.05, 3.63) is 34.9 Å². The molecule has 2 saturated heterocycles. The zero-order valence-electron chi connectivity index (χ0n) is 19.6. The second-order valence-electron chi connectivity index (χ2n) is 9.36. The quantitative estimate of drug-likeness (QED) is 0.504. The van der Waals surface area contributed by atoms with Crippen LogP contribution in [0.25, 0.3) is 0 Å². The van der Waals surface area contributed by atoms with Gasteiger partial charge < -0.3 is 14.4 Å². The molecule has 32 heavy (non-hydrogen) atoms. The number of likely N-dealkylation sites (tertiary alicyclic amines) is 1. The van der Waals surface area contributed by atoms with Crippen LogP contribution in [0, 0.1) is 5.92 Å². The molecule has 4 atom stereocenters. The van der Waals surface area contributed by atoms with Crippen molar-refractivity contribution in [1.29, 1.82) is 0 Å². The summed E-state index contributed by atoms with van der Waals surface area (Å²) in [4.78, 5) is 15.7. The summed E-state index contributed by atoms with van der Waals surface area (Å²) in [7, 11) is -3.11. The molecule has 0 aliphatic carbocycles. The van der Waals surface area contributed by atoms with Gasteiger partial charge in [-0.25, -0.2) is 8.42 Å². The maximum absolute atomic E-state index is 13.8. The average molecular weight is 486 g/mol. The van der Waals surface area contributed by atoms with Gasteiger partial charge >= 0.3 is 0 Å². The molecule has 2 heterocycles. The van der Waals surface area contributed by atoms with E-state index >= 15 is 0 Å². The maximum atomic E-state index is 13.8. The Morgan fingerprint density at radius 2 is 1.88 bits per heavy atom. The molecule has 4 unspecified atom stereocenters. The molecule has 3 rings (SSSR count). The van der Waals surface area contributed by atoms with Crippen LogP contribution >= 0.6 is 11.6 Å². The standard InChI is InChI=1S/C24H36ClNO5S/c1-5-20(13-14-32(28,29)6-2)26-22(17-7-10-19(25)11-8-17)12-9-18(23(26)27)15-21-16-30-24(3,4)31-21/h7-8,10-11,18,20-22H,5-6,9,12-16H2,1-4H3. The van der Waals surface area contributed by atoms with E-state index < -0.39 is 15.6 Å². The van der Waals surface area contributed by atoms with Crippen LogP contribution in [0.4, 0.5) is 0 Å². The van der Waals surface area contributed by atoms with Crippen molar-refractivity contribution in [2.45, 2.75) is 83.8 Å². The Balaban J connectivity index is 1.83. The highest BCUT2D eigenvalue weighted by Crippen LogP contribution is 2.40. The van der Waals surface area contributed by atoms with Crippen LogP contribution in [0.2, 0.25) is 5.02 Å². The lowest BCUT2D eigenvalue weighted by Crippen LogP contribution is -2.50. The maximum Gasteiger partial charge on any atom is 0.226 e. The number of carbonyl (C=O) groups is 1. The van der Waals surface area contributed by atoms with Crippen LogP contribution in [-0.2, 0) is 24.1 Å². The molecule has 0 aromatic heterocycles. The number of rotatable bonds is 9. The first-order valence-electron chi connectivity index (χ1n) is 11.6. The number of carbonyl (C=O) groups excluding carboxylic acids is 1. The van der Waals surface area contributed by atoms with Gasteiger partial charge in [0.2, 0.25) is 5.91 Å². The molecule has 180 valence electrons. The molecule has 1 aromatic rings. The van der Waals surface area contributed by atoms with Gasteiger partial charge in [-0.05, 0) is 63.6 Å². The molecule has 0 spiro atoms. The number of benzene rings is 1. The predicted octanol–water partition coefficient (Wildman–Crippen LogP) is 4.76. The van der Waals surface area contributed by atoms with Gasteiger partial charge in [-0.3, -0.25) is 4.79 Å². The Kier molecular flexibility index (Phi) is 8.29. The van der Waals surface area contributed by atoms with E-state index in [9.17, 15) is 13.2 Å². The number of amides is 1. The molecule has 0 bridgehead atoms. The summed E-state index contributed by atoms with van der Waals surface area (Å²) in [6.07, 6.45) is 3.27. The fraction of sp³-hybridized carbons (Fsp3) is 0.708. The molecule has 6 nitrogen and oxygen atoms in total. The van der Waals surface area contributed by atoms with Gasteiger partial charge in [0.25, 0.3) is 0 Å². The van der Waals surface area contributed by atoms with Crippen LogP contribution in [0.3, 0.4) is 0 Å². The molecule has 2 aliphatic heterocycles. The summed E-state index contributed by atoms with van der Waals surface area (Å²) in [5.41, 5.74) is 1.04. The molecule has 0 N–H and O–H groups in total. The van der Waals surface area contributed by atoms with Crippen molar-refractivity contribution in [1.82, 2.24) is 4.90 Å². The number of piperidine rings is 1. The number of sulfone groups is 1. The topological polar surface area (TPSA) is 72.9 Å². The largest absolute Gasteiger partial charge is 0.348 e. The molecule has 2 aliphatic rings. The second-order valence-corrected chi connectivity index (χ2v) is 12.3. The number of hydrogen-bond acceptors (Lipinski definition) is 5. The molecular weight excluding hydrogens is 450 g/mol. The van der Waals surface area contributed by atoms with E-state index in [1.54, 1.807) is 6.92 Å². The fourth-order valence-corrected chi connectivity index (χ4v) is 5.89. The minimum Gasteiger partial charge on any atom is -0.348 e. The van der Waals surface area contributed by atoms with Crippen molar-refractivity contribution >= 4 is 27.3 Å². The van der Waals surface area contributed by atoms with E-state index in [1.165, 1.54) is 0 Å². The van der Waals surface area contributed by atoms with Gasteiger partial charge in [0.1, 0.15) is 9.84 Å². The highest BCUT2D eigenvalue weighted by molar-refractivity contribution is 7.91. The summed E-state index contributed by atoms with van der Waals surface area (Å²) in [5.74, 6) is -0.468. The number of halogens is 1. The molecule has 0 saturated carbocycles. The zero-order chi connectivity index (χ0) is 23.5. The van der Waals surface area contributed by atoms with Gasteiger partial charge in [0, 0.05) is 22.7 Å². The highest BCUT2D eigenvalue weighted by Gasteiger charge is 2.42. The molecule has 1 amide bonds. The Hall–Kier alpha value is -1.15. The third-order valence-electron chi connectivity index (χ3n) is 6.66. The van der Waals surface area contributed by atoms with Crippen LogP contribution in [0.5, 0.6) is 0 Å². The van der Waals surface area contributed by atoms with Gasteiger partial charge in [0.05, 0.1) is 24.5 Å². The molecule has 1 aromatic carbocycles. The van der Waals surface area contributed by atoms with E-state index in [0.717, 1.165) is 18.4 Å². The van der Waals surface area contributed by atoms with Crippen LogP contribution in [0.1, 0.15) is 71.4 Å². The van der Waals surface area contributed by atoms with Gasteiger partial charge in [-0.1, -0.05) is 37.6 Å². The lowest BCUT2D eigenvalue weighted by Gasteiger charge is -2.44. The normalized spacial score (nSPS) is 27.0. The summed E-state index contributed by atoms with van der Waals surface area (Å²) in [6, 6.07) is 7.42. The number of nitrogens with zero attached hydrogens (tertiary/aromatic N) is 1. The Morgan fingerprint density at radius 3 is 2.44 bits per heavy atom. The summed E-state index contributed by atoms with van der Waals surface area (Å²) < 4.78 is 36.0. The number of hydrogen-bond donors (Lipinski definition) is 0. The minimum atomic E-state index is -3.11. The molecule has 0 radical (unpaired) electrons. The van der Waals surface area contributed by atoms with E-state index in [-0.39, 0.29) is 41.5 Å². The fourth-order valence-electron chi connectivity index (χ4n) is 4.85. The SMILES string of the molecule is CCC(CCS(=O)(=O)CC)N1C(=O)C(CC2COC(C)(C)O2)CCC1c1ccc(Cl)cc1. The lowest BCUT2D eigenvalue weighted by molar-refractivity contribution is -0.153. The Labute approximate surface area is 197 Å². The van der Waals surface area contributed by atoms with Crippen molar-refractivity contribution in [2.24, 2.45) is 5.92 Å². The van der Waals surface area contributed by atoms with Gasteiger partial charge in [-0.2, -0.15) is 0 Å². The van der Waals surface area contributed by atoms with E-state index in [4.69, 9.17) is 21.1 Å². The zero-order valence-corrected chi connectivity index (χ0v) is 21.1. The average Bonchev–Trinajstić information content (AvgIpc) is 3.09. The van der Waals surface area contributed by atoms with Crippen LogP contribution in [-0.4, -0.2) is 55.3 Å². The summed E-state index contributed by atoms with van der Waals surface area (Å²) >= 11 is 6.09. The Morgan fingerprint density at radius 1 is 1.19 bits per heavy atom. The number of ether oxygens (including phenoxy) is 2. The van der Waals surface area contributed by atoms with Crippen LogP contribution < -0.4 is 0 Å². The highest BCUT2D eigenvalue weighted by atomic mass is 35.5. The van der Waals surface area contributed by atoms with Crippen molar-refractivity contribution in [3.8, 4) is 0 Å². The van der Waals surface area contributed by atoms with E-state index in [2.05, 4.69) is 0 Å². The second kappa shape index (κ2) is 10.4. The first-order chi connectivity index (χ1) is 15.0. The Bertz CT molecular complexity index is 886. The lowest BCUT2D eigenvalue weighted by atomic mass is 9.83. The summed E-state index contributed by atoms with van der Waals surface area (Å²) in [5, 5.41) is 0.655. The molecular formula is C24H36ClNO5S. The predicted molar refractivity (Wildman–Crippen MR) is 126 cm³/mol. The van der Waals surface area contributed by atoms with Crippen molar-refractivity contribution < 1.29 is 22.7 Å². The third-order valence-corrected chi connectivity index (χ3v) is 8.65. The van der Waals surface area contributed by atoms with Crippen LogP contribution in [0.15, 0.2) is 24.3 Å². The van der Waals surface area contributed by atoms with Gasteiger partial charge in [-0.15, -0.1) is 0 Å². The van der Waals surface area contributed by atoms with Crippen molar-refractivity contribution in [2.75, 3.05) is 18.1 Å². The first-order valence-corrected chi connectivity index (χ1v) is 13.8.